The molecule has 0 radical (unpaired) electrons. The minimum Gasteiger partial charge on any atom is -0.394 e. The van der Waals surface area contributed by atoms with Crippen LogP contribution >= 0.6 is 0 Å². The standard InChI is InChI=1S/C11H13F2NO/c1-11(2,7-15)14-6-8-3-4-9(12)5-10(8)13/h3-6,15H,7H2,1-2H3. The Morgan fingerprint density at radius 2 is 2.07 bits per heavy atom. The lowest BCUT2D eigenvalue weighted by Crippen LogP contribution is -2.22. The first-order valence-corrected chi connectivity index (χ1v) is 4.56. The summed E-state index contributed by atoms with van der Waals surface area (Å²) in [4.78, 5) is 4.00. The van der Waals surface area contributed by atoms with Crippen LogP contribution in [-0.2, 0) is 0 Å². The highest BCUT2D eigenvalue weighted by molar-refractivity contribution is 5.80. The summed E-state index contributed by atoms with van der Waals surface area (Å²) in [6.07, 6.45) is 1.30. The zero-order valence-electron chi connectivity index (χ0n) is 8.67. The maximum absolute atomic E-state index is 13.1. The molecule has 2 nitrogen and oxygen atoms in total. The highest BCUT2D eigenvalue weighted by atomic mass is 19.1. The summed E-state index contributed by atoms with van der Waals surface area (Å²) in [6.45, 7) is 3.29. The molecule has 0 spiro atoms. The molecule has 1 N–H and O–H groups in total. The summed E-state index contributed by atoms with van der Waals surface area (Å²) in [5.41, 5.74) is -0.446. The Kier molecular flexibility index (Phi) is 3.52. The lowest BCUT2D eigenvalue weighted by molar-refractivity contribution is 0.223. The van der Waals surface area contributed by atoms with Crippen molar-refractivity contribution in [3.05, 3.63) is 35.4 Å². The SMILES string of the molecule is CC(C)(CO)N=Cc1ccc(F)cc1F. The molecule has 0 amide bonds. The topological polar surface area (TPSA) is 32.6 Å². The Morgan fingerprint density at radius 3 is 2.60 bits per heavy atom. The van der Waals surface area contributed by atoms with Gasteiger partial charge in [0.05, 0.1) is 12.1 Å². The first kappa shape index (κ1) is 11.8. The summed E-state index contributed by atoms with van der Waals surface area (Å²) in [5.74, 6) is -1.28. The molecule has 0 unspecified atom stereocenters. The van der Waals surface area contributed by atoms with E-state index in [1.807, 2.05) is 0 Å². The lowest BCUT2D eigenvalue weighted by atomic mass is 10.1. The average molecular weight is 213 g/mol. The Hall–Kier alpha value is -1.29. The zero-order chi connectivity index (χ0) is 11.5. The van der Waals surface area contributed by atoms with Crippen molar-refractivity contribution in [1.29, 1.82) is 0 Å². The molecule has 0 heterocycles. The van der Waals surface area contributed by atoms with Gasteiger partial charge in [-0.3, -0.25) is 4.99 Å². The van der Waals surface area contributed by atoms with E-state index in [4.69, 9.17) is 5.11 Å². The van der Waals surface area contributed by atoms with Gasteiger partial charge in [-0.25, -0.2) is 8.78 Å². The second-order valence-corrected chi connectivity index (χ2v) is 3.89. The smallest absolute Gasteiger partial charge is 0.134 e. The van der Waals surface area contributed by atoms with E-state index in [1.54, 1.807) is 13.8 Å². The molecule has 82 valence electrons. The minimum absolute atomic E-state index is 0.133. The van der Waals surface area contributed by atoms with E-state index in [1.165, 1.54) is 12.3 Å². The molecule has 0 saturated carbocycles. The van der Waals surface area contributed by atoms with Crippen LogP contribution in [0.25, 0.3) is 0 Å². The van der Waals surface area contributed by atoms with Crippen LogP contribution in [-0.4, -0.2) is 23.5 Å². The van der Waals surface area contributed by atoms with Gasteiger partial charge in [-0.1, -0.05) is 0 Å². The molecule has 0 aliphatic carbocycles. The molecular weight excluding hydrogens is 200 g/mol. The van der Waals surface area contributed by atoms with Crippen molar-refractivity contribution >= 4 is 6.21 Å². The number of nitrogens with zero attached hydrogens (tertiary/aromatic N) is 1. The van der Waals surface area contributed by atoms with Crippen molar-refractivity contribution in [1.82, 2.24) is 0 Å². The Labute approximate surface area is 87.3 Å². The van der Waals surface area contributed by atoms with E-state index in [0.717, 1.165) is 12.1 Å². The molecule has 15 heavy (non-hydrogen) atoms. The third-order valence-electron chi connectivity index (χ3n) is 1.90. The first-order chi connectivity index (χ1) is 6.94. The van der Waals surface area contributed by atoms with E-state index in [2.05, 4.69) is 4.99 Å². The van der Waals surface area contributed by atoms with E-state index in [9.17, 15) is 8.78 Å². The third kappa shape index (κ3) is 3.40. The van der Waals surface area contributed by atoms with Gasteiger partial charge in [-0.2, -0.15) is 0 Å². The van der Waals surface area contributed by atoms with Crippen LogP contribution in [0.4, 0.5) is 8.78 Å². The first-order valence-electron chi connectivity index (χ1n) is 4.56. The second-order valence-electron chi connectivity index (χ2n) is 3.89. The molecule has 0 aromatic heterocycles. The van der Waals surface area contributed by atoms with Gasteiger partial charge in [0.15, 0.2) is 0 Å². The predicted octanol–water partition coefficient (Wildman–Crippen LogP) is 2.15. The quantitative estimate of drug-likeness (QED) is 0.767. The molecule has 0 saturated heterocycles. The number of halogens is 2. The third-order valence-corrected chi connectivity index (χ3v) is 1.90. The molecule has 1 aromatic rings. The Morgan fingerprint density at radius 1 is 1.40 bits per heavy atom. The summed E-state index contributed by atoms with van der Waals surface area (Å²) in [5, 5.41) is 8.92. The minimum atomic E-state index is -0.660. The molecule has 0 atom stereocenters. The number of hydrogen-bond donors (Lipinski definition) is 1. The molecule has 0 aliphatic heterocycles. The summed E-state index contributed by atoms with van der Waals surface area (Å²) in [7, 11) is 0. The van der Waals surface area contributed by atoms with Gasteiger partial charge in [0, 0.05) is 17.8 Å². The molecule has 0 bridgehead atoms. The Bertz CT molecular complexity index is 375. The van der Waals surface area contributed by atoms with Gasteiger partial charge in [0.1, 0.15) is 11.6 Å². The van der Waals surface area contributed by atoms with Crippen LogP contribution < -0.4 is 0 Å². The maximum atomic E-state index is 13.1. The van der Waals surface area contributed by atoms with Crippen molar-refractivity contribution < 1.29 is 13.9 Å². The van der Waals surface area contributed by atoms with Crippen LogP contribution in [0.5, 0.6) is 0 Å². The van der Waals surface area contributed by atoms with Crippen molar-refractivity contribution in [2.75, 3.05) is 6.61 Å². The number of hydrogen-bond acceptors (Lipinski definition) is 2. The van der Waals surface area contributed by atoms with E-state index < -0.39 is 17.2 Å². The van der Waals surface area contributed by atoms with Crippen LogP contribution in [0.2, 0.25) is 0 Å². The average Bonchev–Trinajstić information content (AvgIpc) is 2.16. The fourth-order valence-electron chi connectivity index (χ4n) is 0.891. The van der Waals surface area contributed by atoms with Gasteiger partial charge in [-0.05, 0) is 26.0 Å². The zero-order valence-corrected chi connectivity index (χ0v) is 8.67. The molecule has 0 fully saturated rings. The molecular formula is C11H13F2NO. The van der Waals surface area contributed by atoms with Gasteiger partial charge in [0.2, 0.25) is 0 Å². The fraction of sp³-hybridized carbons (Fsp3) is 0.364. The van der Waals surface area contributed by atoms with Crippen LogP contribution in [0, 0.1) is 11.6 Å². The van der Waals surface area contributed by atoms with Gasteiger partial charge < -0.3 is 5.11 Å². The normalized spacial score (nSPS) is 12.3. The van der Waals surface area contributed by atoms with Gasteiger partial charge >= 0.3 is 0 Å². The molecule has 1 rings (SSSR count). The second kappa shape index (κ2) is 4.49. The van der Waals surface area contributed by atoms with E-state index in [0.29, 0.717) is 0 Å². The molecule has 1 aromatic carbocycles. The number of aliphatic hydroxyl groups is 1. The van der Waals surface area contributed by atoms with Gasteiger partial charge in [-0.15, -0.1) is 0 Å². The highest BCUT2D eigenvalue weighted by Gasteiger charge is 2.13. The molecule has 0 aliphatic rings. The fourth-order valence-corrected chi connectivity index (χ4v) is 0.891. The van der Waals surface area contributed by atoms with Crippen LogP contribution in [0.15, 0.2) is 23.2 Å². The number of rotatable bonds is 3. The number of aliphatic imine (C=N–C) groups is 1. The lowest BCUT2D eigenvalue weighted by Gasteiger charge is -2.14. The van der Waals surface area contributed by atoms with Crippen molar-refractivity contribution in [3.8, 4) is 0 Å². The van der Waals surface area contributed by atoms with Gasteiger partial charge in [0.25, 0.3) is 0 Å². The largest absolute Gasteiger partial charge is 0.394 e. The Balaban J connectivity index is 2.90. The highest BCUT2D eigenvalue weighted by Crippen LogP contribution is 2.10. The van der Waals surface area contributed by atoms with Crippen molar-refractivity contribution in [2.24, 2.45) is 4.99 Å². The predicted molar refractivity (Wildman–Crippen MR) is 55.1 cm³/mol. The summed E-state index contributed by atoms with van der Waals surface area (Å²) in [6, 6.07) is 3.27. The summed E-state index contributed by atoms with van der Waals surface area (Å²) < 4.78 is 25.7. The summed E-state index contributed by atoms with van der Waals surface area (Å²) >= 11 is 0. The van der Waals surface area contributed by atoms with E-state index >= 15 is 0 Å². The van der Waals surface area contributed by atoms with Crippen LogP contribution in [0.1, 0.15) is 19.4 Å². The van der Waals surface area contributed by atoms with Crippen molar-refractivity contribution in [2.45, 2.75) is 19.4 Å². The molecule has 4 heteroatoms. The number of aliphatic hydroxyl groups excluding tert-OH is 1. The van der Waals surface area contributed by atoms with Crippen molar-refractivity contribution in [3.63, 3.8) is 0 Å². The monoisotopic (exact) mass is 213 g/mol. The van der Waals surface area contributed by atoms with Crippen LogP contribution in [0.3, 0.4) is 0 Å². The van der Waals surface area contributed by atoms with E-state index in [-0.39, 0.29) is 12.2 Å². The number of benzene rings is 1. The maximum Gasteiger partial charge on any atom is 0.134 e.